The molecule has 1 aromatic carbocycles. The van der Waals surface area contributed by atoms with Gasteiger partial charge in [-0.3, -0.25) is 9.78 Å². The van der Waals surface area contributed by atoms with Crippen molar-refractivity contribution in [1.29, 1.82) is 0 Å². The van der Waals surface area contributed by atoms with Gasteiger partial charge in [0.2, 0.25) is 0 Å². The zero-order chi connectivity index (χ0) is 18.6. The van der Waals surface area contributed by atoms with Crippen molar-refractivity contribution in [2.24, 2.45) is 0 Å². The summed E-state index contributed by atoms with van der Waals surface area (Å²) in [5.41, 5.74) is 1.56. The number of pyridine rings is 1. The van der Waals surface area contributed by atoms with Crippen molar-refractivity contribution in [3.8, 4) is 0 Å². The molecule has 0 spiro atoms. The smallest absolute Gasteiger partial charge is 0.253 e. The largest absolute Gasteiger partial charge is 0.338 e. The van der Waals surface area contributed by atoms with Crippen LogP contribution in [0.15, 0.2) is 61.2 Å². The van der Waals surface area contributed by atoms with Gasteiger partial charge in [0.25, 0.3) is 5.91 Å². The number of amides is 1. The van der Waals surface area contributed by atoms with Crippen molar-refractivity contribution in [1.82, 2.24) is 19.4 Å². The fourth-order valence-corrected chi connectivity index (χ4v) is 3.68. The van der Waals surface area contributed by atoms with E-state index in [-0.39, 0.29) is 17.6 Å². The van der Waals surface area contributed by atoms with Gasteiger partial charge >= 0.3 is 0 Å². The maximum absolute atomic E-state index is 13.5. The fraction of sp³-hybridized carbons (Fsp3) is 0.286. The highest BCUT2D eigenvalue weighted by Crippen LogP contribution is 2.27. The number of aromatic nitrogens is 3. The summed E-state index contributed by atoms with van der Waals surface area (Å²) < 4.78 is 15.6. The molecule has 2 aromatic heterocycles. The number of rotatable bonds is 4. The number of piperidine rings is 1. The number of imidazole rings is 1. The topological polar surface area (TPSA) is 51.0 Å². The molecule has 3 aromatic rings. The summed E-state index contributed by atoms with van der Waals surface area (Å²) in [5, 5.41) is 0. The molecule has 27 heavy (non-hydrogen) atoms. The molecule has 1 fully saturated rings. The predicted molar refractivity (Wildman–Crippen MR) is 99.8 cm³/mol. The number of likely N-dealkylation sites (tertiary alicyclic amines) is 1. The molecule has 3 heterocycles. The summed E-state index contributed by atoms with van der Waals surface area (Å²) in [7, 11) is 0. The number of hydrogen-bond acceptors (Lipinski definition) is 3. The molecule has 0 saturated carbocycles. The number of benzene rings is 1. The number of carbonyl (C=O) groups excluding carboxylic acids is 1. The first-order chi connectivity index (χ1) is 13.2. The van der Waals surface area contributed by atoms with Crippen molar-refractivity contribution in [3.05, 3.63) is 84.0 Å². The molecule has 6 heteroatoms. The Morgan fingerprint density at radius 3 is 2.85 bits per heavy atom. The third-order valence-corrected chi connectivity index (χ3v) is 5.00. The standard InChI is InChI=1S/C21H21FN4O/c22-19-5-1-3-17(13-19)21(27)26-11-2-4-18(15-26)20-24-10-12-25(20)14-16-6-8-23-9-7-16/h1,3,5-10,12-13,18H,2,4,11,14-15H2/t18-/m0/s1. The molecule has 1 aliphatic heterocycles. The molecule has 1 amide bonds. The van der Waals surface area contributed by atoms with E-state index in [1.807, 2.05) is 29.4 Å². The van der Waals surface area contributed by atoms with E-state index in [0.29, 0.717) is 18.7 Å². The summed E-state index contributed by atoms with van der Waals surface area (Å²) in [6.07, 6.45) is 9.25. The minimum Gasteiger partial charge on any atom is -0.338 e. The number of nitrogens with zero attached hydrogens (tertiary/aromatic N) is 4. The van der Waals surface area contributed by atoms with Crippen LogP contribution < -0.4 is 0 Å². The predicted octanol–water partition coefficient (Wildman–Crippen LogP) is 3.49. The first kappa shape index (κ1) is 17.4. The van der Waals surface area contributed by atoms with Crippen LogP contribution in [0.2, 0.25) is 0 Å². The second kappa shape index (κ2) is 7.70. The lowest BCUT2D eigenvalue weighted by atomic mass is 9.96. The Morgan fingerprint density at radius 2 is 2.04 bits per heavy atom. The van der Waals surface area contributed by atoms with Gasteiger partial charge in [0, 0.05) is 55.9 Å². The SMILES string of the molecule is O=C(c1cccc(F)c1)N1CCC[C@H](c2nccn2Cc2ccncc2)C1. The van der Waals surface area contributed by atoms with Gasteiger partial charge in [-0.05, 0) is 48.7 Å². The number of carbonyl (C=O) groups is 1. The Hall–Kier alpha value is -3.02. The van der Waals surface area contributed by atoms with E-state index in [1.54, 1.807) is 24.5 Å². The quantitative estimate of drug-likeness (QED) is 0.712. The summed E-state index contributed by atoms with van der Waals surface area (Å²) in [4.78, 5) is 23.2. The van der Waals surface area contributed by atoms with Gasteiger partial charge in [0.1, 0.15) is 11.6 Å². The van der Waals surface area contributed by atoms with Crippen LogP contribution in [0.3, 0.4) is 0 Å². The van der Waals surface area contributed by atoms with Crippen molar-refractivity contribution in [2.75, 3.05) is 13.1 Å². The highest BCUT2D eigenvalue weighted by Gasteiger charge is 2.28. The van der Waals surface area contributed by atoms with Crippen LogP contribution in [0.4, 0.5) is 4.39 Å². The molecule has 0 N–H and O–H groups in total. The van der Waals surface area contributed by atoms with Crippen LogP contribution in [0.5, 0.6) is 0 Å². The van der Waals surface area contributed by atoms with Crippen molar-refractivity contribution in [2.45, 2.75) is 25.3 Å². The Labute approximate surface area is 157 Å². The van der Waals surface area contributed by atoms with Gasteiger partial charge in [-0.15, -0.1) is 0 Å². The van der Waals surface area contributed by atoms with Gasteiger partial charge in [0.05, 0.1) is 0 Å². The van der Waals surface area contributed by atoms with Crippen molar-refractivity contribution < 1.29 is 9.18 Å². The third-order valence-electron chi connectivity index (χ3n) is 5.00. The second-order valence-electron chi connectivity index (χ2n) is 6.87. The Balaban J connectivity index is 1.51. The average Bonchev–Trinajstić information content (AvgIpc) is 3.16. The van der Waals surface area contributed by atoms with Crippen molar-refractivity contribution in [3.63, 3.8) is 0 Å². The minimum atomic E-state index is -0.387. The zero-order valence-electron chi connectivity index (χ0n) is 15.0. The lowest BCUT2D eigenvalue weighted by molar-refractivity contribution is 0.0703. The zero-order valence-corrected chi connectivity index (χ0v) is 15.0. The monoisotopic (exact) mass is 364 g/mol. The molecule has 0 aliphatic carbocycles. The molecule has 1 atom stereocenters. The Bertz CT molecular complexity index is 925. The second-order valence-corrected chi connectivity index (χ2v) is 6.87. The van der Waals surface area contributed by atoms with E-state index in [0.717, 1.165) is 30.8 Å². The van der Waals surface area contributed by atoms with E-state index in [4.69, 9.17) is 0 Å². The molecule has 1 aliphatic rings. The maximum Gasteiger partial charge on any atom is 0.253 e. The van der Waals surface area contributed by atoms with E-state index in [2.05, 4.69) is 14.5 Å². The molecule has 138 valence electrons. The van der Waals surface area contributed by atoms with E-state index in [1.165, 1.54) is 12.1 Å². The van der Waals surface area contributed by atoms with E-state index >= 15 is 0 Å². The highest BCUT2D eigenvalue weighted by molar-refractivity contribution is 5.94. The van der Waals surface area contributed by atoms with E-state index < -0.39 is 0 Å². The van der Waals surface area contributed by atoms with Crippen LogP contribution in [0.25, 0.3) is 0 Å². The first-order valence-electron chi connectivity index (χ1n) is 9.15. The third kappa shape index (κ3) is 3.89. The molecule has 4 rings (SSSR count). The van der Waals surface area contributed by atoms with Crippen LogP contribution in [0, 0.1) is 5.82 Å². The van der Waals surface area contributed by atoms with Gasteiger partial charge in [0.15, 0.2) is 0 Å². The Kier molecular flexibility index (Phi) is 4.96. The molecule has 5 nitrogen and oxygen atoms in total. The number of halogens is 1. The summed E-state index contributed by atoms with van der Waals surface area (Å²) >= 11 is 0. The normalized spacial score (nSPS) is 17.1. The first-order valence-corrected chi connectivity index (χ1v) is 9.15. The highest BCUT2D eigenvalue weighted by atomic mass is 19.1. The molecule has 0 radical (unpaired) electrons. The Morgan fingerprint density at radius 1 is 1.19 bits per heavy atom. The summed E-state index contributed by atoms with van der Waals surface area (Å²) in [6, 6.07) is 9.88. The molecular weight excluding hydrogens is 343 g/mol. The van der Waals surface area contributed by atoms with Crippen LogP contribution in [-0.4, -0.2) is 38.4 Å². The van der Waals surface area contributed by atoms with Crippen LogP contribution >= 0.6 is 0 Å². The lowest BCUT2D eigenvalue weighted by Crippen LogP contribution is -2.39. The number of hydrogen-bond donors (Lipinski definition) is 0. The summed E-state index contributed by atoms with van der Waals surface area (Å²) in [5.74, 6) is 0.658. The van der Waals surface area contributed by atoms with Crippen LogP contribution in [-0.2, 0) is 6.54 Å². The fourth-order valence-electron chi connectivity index (χ4n) is 3.68. The van der Waals surface area contributed by atoms with Crippen molar-refractivity contribution >= 4 is 5.91 Å². The lowest BCUT2D eigenvalue weighted by Gasteiger charge is -2.32. The average molecular weight is 364 g/mol. The molecule has 0 unspecified atom stereocenters. The maximum atomic E-state index is 13.5. The van der Waals surface area contributed by atoms with Gasteiger partial charge in [-0.2, -0.15) is 0 Å². The molecule has 1 saturated heterocycles. The van der Waals surface area contributed by atoms with Gasteiger partial charge in [-0.1, -0.05) is 6.07 Å². The van der Waals surface area contributed by atoms with Gasteiger partial charge in [-0.25, -0.2) is 9.37 Å². The molecular formula is C21H21FN4O. The molecule has 0 bridgehead atoms. The summed E-state index contributed by atoms with van der Waals surface area (Å²) in [6.45, 7) is 2.02. The van der Waals surface area contributed by atoms with Gasteiger partial charge < -0.3 is 9.47 Å². The van der Waals surface area contributed by atoms with E-state index in [9.17, 15) is 9.18 Å². The minimum absolute atomic E-state index is 0.119. The van der Waals surface area contributed by atoms with Crippen LogP contribution in [0.1, 0.15) is 40.5 Å².